The molecule has 3 rings (SSSR count). The highest BCUT2D eigenvalue weighted by Crippen LogP contribution is 2.18. The minimum Gasteiger partial charge on any atom is -0.494 e. The van der Waals surface area contributed by atoms with Crippen molar-refractivity contribution in [3.8, 4) is 5.75 Å². The first-order chi connectivity index (χ1) is 14.4. The Morgan fingerprint density at radius 3 is 2.17 bits per heavy atom. The summed E-state index contributed by atoms with van der Waals surface area (Å²) >= 11 is 0. The fraction of sp³-hybridized carbons (Fsp3) is 0.174. The van der Waals surface area contributed by atoms with E-state index in [1.807, 2.05) is 37.3 Å². The molecule has 3 aromatic rings. The van der Waals surface area contributed by atoms with Crippen molar-refractivity contribution in [2.24, 2.45) is 0 Å². The van der Waals surface area contributed by atoms with Crippen LogP contribution in [-0.2, 0) is 16.6 Å². The normalized spacial score (nSPS) is 11.0. The Bertz CT molecular complexity index is 1080. The van der Waals surface area contributed by atoms with Crippen molar-refractivity contribution >= 4 is 21.6 Å². The maximum absolute atomic E-state index is 12.7. The van der Waals surface area contributed by atoms with E-state index in [4.69, 9.17) is 4.74 Å². The third kappa shape index (κ3) is 5.39. The number of amides is 1. The Balaban J connectivity index is 1.66. The molecule has 0 aliphatic rings. The highest BCUT2D eigenvalue weighted by atomic mass is 32.2. The summed E-state index contributed by atoms with van der Waals surface area (Å²) in [6.45, 7) is 2.96. The van der Waals surface area contributed by atoms with Gasteiger partial charge >= 0.3 is 0 Å². The Hall–Kier alpha value is -3.32. The quantitative estimate of drug-likeness (QED) is 0.589. The van der Waals surface area contributed by atoms with Gasteiger partial charge in [0, 0.05) is 24.8 Å². The summed E-state index contributed by atoms with van der Waals surface area (Å²) in [5, 5.41) is 0. The van der Waals surface area contributed by atoms with Gasteiger partial charge in [-0.15, -0.1) is 0 Å². The van der Waals surface area contributed by atoms with Crippen LogP contribution in [0.15, 0.2) is 83.8 Å². The van der Waals surface area contributed by atoms with Crippen LogP contribution < -0.4 is 9.46 Å². The van der Waals surface area contributed by atoms with Crippen molar-refractivity contribution < 1.29 is 17.9 Å². The van der Waals surface area contributed by atoms with Gasteiger partial charge in [0.25, 0.3) is 15.9 Å². The number of carbonyl (C=O) groups excluding carboxylic acids is 1. The lowest BCUT2D eigenvalue weighted by atomic mass is 10.1. The van der Waals surface area contributed by atoms with Crippen molar-refractivity contribution in [1.82, 2.24) is 4.90 Å². The van der Waals surface area contributed by atoms with Gasteiger partial charge in [-0.05, 0) is 61.0 Å². The zero-order chi connectivity index (χ0) is 21.6. The third-order valence-electron chi connectivity index (χ3n) is 4.44. The van der Waals surface area contributed by atoms with E-state index in [2.05, 4.69) is 4.72 Å². The summed E-state index contributed by atoms with van der Waals surface area (Å²) < 4.78 is 33.0. The first kappa shape index (κ1) is 21.4. The molecule has 0 aromatic heterocycles. The van der Waals surface area contributed by atoms with Gasteiger partial charge in [0.1, 0.15) is 5.75 Å². The Morgan fingerprint density at radius 1 is 0.933 bits per heavy atom. The van der Waals surface area contributed by atoms with Crippen LogP contribution in [0, 0.1) is 0 Å². The minimum absolute atomic E-state index is 0.0945. The summed E-state index contributed by atoms with van der Waals surface area (Å²) in [6.07, 6.45) is 0. The van der Waals surface area contributed by atoms with Crippen molar-refractivity contribution in [3.05, 3.63) is 90.0 Å². The van der Waals surface area contributed by atoms with Gasteiger partial charge in [-0.3, -0.25) is 9.52 Å². The summed E-state index contributed by atoms with van der Waals surface area (Å²) in [5.74, 6) is 0.597. The lowest BCUT2D eigenvalue weighted by Crippen LogP contribution is -2.26. The van der Waals surface area contributed by atoms with E-state index in [1.54, 1.807) is 36.2 Å². The maximum atomic E-state index is 12.7. The Labute approximate surface area is 177 Å². The number of carbonyl (C=O) groups is 1. The van der Waals surface area contributed by atoms with Gasteiger partial charge in [-0.2, -0.15) is 0 Å². The smallest absolute Gasteiger partial charge is 0.261 e. The van der Waals surface area contributed by atoms with Gasteiger partial charge in [-0.1, -0.05) is 30.3 Å². The van der Waals surface area contributed by atoms with Crippen LogP contribution in [0.3, 0.4) is 0 Å². The second-order valence-corrected chi connectivity index (χ2v) is 8.42. The molecule has 0 radical (unpaired) electrons. The maximum Gasteiger partial charge on any atom is 0.261 e. The van der Waals surface area contributed by atoms with Crippen LogP contribution in [0.5, 0.6) is 5.75 Å². The summed E-state index contributed by atoms with van der Waals surface area (Å²) in [6, 6.07) is 22.1. The third-order valence-corrected chi connectivity index (χ3v) is 5.84. The van der Waals surface area contributed by atoms with Gasteiger partial charge < -0.3 is 9.64 Å². The lowest BCUT2D eigenvalue weighted by Gasteiger charge is -2.18. The molecule has 0 atom stereocenters. The summed E-state index contributed by atoms with van der Waals surface area (Å²) in [7, 11) is -2.01. The molecule has 30 heavy (non-hydrogen) atoms. The molecule has 0 saturated carbocycles. The van der Waals surface area contributed by atoms with Gasteiger partial charge in [0.15, 0.2) is 0 Å². The molecule has 0 unspecified atom stereocenters. The Kier molecular flexibility index (Phi) is 6.74. The first-order valence-electron chi connectivity index (χ1n) is 9.54. The molecule has 3 aromatic carbocycles. The molecular weight excluding hydrogens is 400 g/mol. The van der Waals surface area contributed by atoms with Crippen LogP contribution in [0.2, 0.25) is 0 Å². The predicted molar refractivity (Wildman–Crippen MR) is 117 cm³/mol. The average Bonchev–Trinajstić information content (AvgIpc) is 2.75. The number of ether oxygens (including phenoxy) is 1. The van der Waals surface area contributed by atoms with E-state index in [1.165, 1.54) is 24.3 Å². The Morgan fingerprint density at radius 2 is 1.57 bits per heavy atom. The zero-order valence-electron chi connectivity index (χ0n) is 16.9. The number of benzene rings is 3. The second-order valence-electron chi connectivity index (χ2n) is 6.73. The average molecular weight is 425 g/mol. The first-order valence-corrected chi connectivity index (χ1v) is 11.0. The van der Waals surface area contributed by atoms with Crippen LogP contribution >= 0.6 is 0 Å². The second kappa shape index (κ2) is 9.45. The van der Waals surface area contributed by atoms with Gasteiger partial charge in [0.2, 0.25) is 0 Å². The molecule has 0 aliphatic heterocycles. The van der Waals surface area contributed by atoms with E-state index in [0.717, 1.165) is 11.3 Å². The molecule has 7 heteroatoms. The summed E-state index contributed by atoms with van der Waals surface area (Å²) in [4.78, 5) is 14.4. The van der Waals surface area contributed by atoms with Crippen molar-refractivity contribution in [2.75, 3.05) is 18.4 Å². The number of sulfonamides is 1. The molecule has 0 bridgehead atoms. The van der Waals surface area contributed by atoms with E-state index >= 15 is 0 Å². The van der Waals surface area contributed by atoms with E-state index < -0.39 is 10.0 Å². The molecule has 1 amide bonds. The molecule has 156 valence electrons. The number of nitrogens with zero attached hydrogens (tertiary/aromatic N) is 1. The lowest BCUT2D eigenvalue weighted by molar-refractivity contribution is 0.0785. The van der Waals surface area contributed by atoms with E-state index in [0.29, 0.717) is 24.4 Å². The fourth-order valence-electron chi connectivity index (χ4n) is 2.92. The molecule has 6 nitrogen and oxygen atoms in total. The number of para-hydroxylation sites is 1. The fourth-order valence-corrected chi connectivity index (χ4v) is 3.98. The van der Waals surface area contributed by atoms with Gasteiger partial charge in [-0.25, -0.2) is 8.42 Å². The standard InChI is InChI=1S/C23H24N2O4S/c1-3-29-21-13-9-18(10-14-21)17-25(2)23(26)19-11-15-22(16-12-19)30(27,28)24-20-7-5-4-6-8-20/h4-16,24H,3,17H2,1-2H3. The zero-order valence-corrected chi connectivity index (χ0v) is 17.7. The number of nitrogens with one attached hydrogen (secondary N) is 1. The number of rotatable bonds is 8. The molecule has 0 heterocycles. The molecule has 0 fully saturated rings. The number of hydrogen-bond acceptors (Lipinski definition) is 4. The molecule has 0 aliphatic carbocycles. The molecule has 0 spiro atoms. The molecular formula is C23H24N2O4S. The highest BCUT2D eigenvalue weighted by molar-refractivity contribution is 7.92. The number of anilines is 1. The molecule has 1 N–H and O–H groups in total. The monoisotopic (exact) mass is 424 g/mol. The minimum atomic E-state index is -3.72. The van der Waals surface area contributed by atoms with Crippen molar-refractivity contribution in [2.45, 2.75) is 18.4 Å². The number of hydrogen-bond donors (Lipinski definition) is 1. The topological polar surface area (TPSA) is 75.7 Å². The molecule has 0 saturated heterocycles. The van der Waals surface area contributed by atoms with Crippen LogP contribution in [0.1, 0.15) is 22.8 Å². The van der Waals surface area contributed by atoms with E-state index in [-0.39, 0.29) is 10.8 Å². The van der Waals surface area contributed by atoms with Crippen LogP contribution in [-0.4, -0.2) is 32.9 Å². The SMILES string of the molecule is CCOc1ccc(CN(C)C(=O)c2ccc(S(=O)(=O)Nc3ccccc3)cc2)cc1. The van der Waals surface area contributed by atoms with Gasteiger partial charge in [0.05, 0.1) is 11.5 Å². The van der Waals surface area contributed by atoms with Crippen molar-refractivity contribution in [1.29, 1.82) is 0 Å². The van der Waals surface area contributed by atoms with Crippen LogP contribution in [0.4, 0.5) is 5.69 Å². The largest absolute Gasteiger partial charge is 0.494 e. The van der Waals surface area contributed by atoms with Crippen molar-refractivity contribution in [3.63, 3.8) is 0 Å². The highest BCUT2D eigenvalue weighted by Gasteiger charge is 2.17. The predicted octanol–water partition coefficient (Wildman–Crippen LogP) is 4.16. The van der Waals surface area contributed by atoms with E-state index in [9.17, 15) is 13.2 Å². The van der Waals surface area contributed by atoms with Crippen LogP contribution in [0.25, 0.3) is 0 Å². The summed E-state index contributed by atoms with van der Waals surface area (Å²) in [5.41, 5.74) is 1.87.